The van der Waals surface area contributed by atoms with Crippen molar-refractivity contribution >= 4 is 34.4 Å². The maximum atomic E-state index is 11.9. The summed E-state index contributed by atoms with van der Waals surface area (Å²) >= 11 is 1.80. The number of carbonyl (C=O) groups excluding carboxylic acids is 1. The number of aryl methyl sites for hydroxylation is 1. The third-order valence-electron chi connectivity index (χ3n) is 5.06. The largest absolute Gasteiger partial charge is 0.356 e. The second kappa shape index (κ2) is 5.37. The van der Waals surface area contributed by atoms with Crippen molar-refractivity contribution in [2.45, 2.75) is 24.6 Å². The van der Waals surface area contributed by atoms with E-state index < -0.39 is 0 Å². The van der Waals surface area contributed by atoms with Crippen LogP contribution in [-0.2, 0) is 4.79 Å². The smallest absolute Gasteiger partial charge is 0.233 e. The molecule has 0 atom stereocenters. The van der Waals surface area contributed by atoms with Crippen molar-refractivity contribution in [2.24, 2.45) is 0 Å². The lowest BCUT2D eigenvalue weighted by Gasteiger charge is -2.43. The minimum absolute atomic E-state index is 0.00761. The van der Waals surface area contributed by atoms with Gasteiger partial charge in [-0.25, -0.2) is 9.97 Å². The number of thioether (sulfide) groups is 1. The van der Waals surface area contributed by atoms with E-state index in [0.717, 1.165) is 42.7 Å². The first-order chi connectivity index (χ1) is 11.1. The van der Waals surface area contributed by atoms with E-state index in [1.807, 2.05) is 11.9 Å². The van der Waals surface area contributed by atoms with E-state index in [4.69, 9.17) is 0 Å². The van der Waals surface area contributed by atoms with E-state index in [0.29, 0.717) is 5.75 Å². The summed E-state index contributed by atoms with van der Waals surface area (Å²) in [6.07, 6.45) is 3.62. The third kappa shape index (κ3) is 2.36. The molecule has 0 radical (unpaired) electrons. The van der Waals surface area contributed by atoms with Crippen molar-refractivity contribution in [1.82, 2.24) is 14.9 Å². The number of aromatic nitrogens is 2. The topological polar surface area (TPSA) is 49.3 Å². The Bertz CT molecular complexity index is 770. The molecule has 1 aromatic carbocycles. The average molecular weight is 328 g/mol. The van der Waals surface area contributed by atoms with Gasteiger partial charge in [-0.05, 0) is 31.9 Å². The molecule has 5 nitrogen and oxygen atoms in total. The number of hydrogen-bond acceptors (Lipinski definition) is 5. The van der Waals surface area contributed by atoms with E-state index >= 15 is 0 Å². The van der Waals surface area contributed by atoms with E-state index in [1.54, 1.807) is 18.1 Å². The number of amides is 1. The highest BCUT2D eigenvalue weighted by Crippen LogP contribution is 2.44. The van der Waals surface area contributed by atoms with Crippen LogP contribution < -0.4 is 4.90 Å². The van der Waals surface area contributed by atoms with Crippen LogP contribution in [0.3, 0.4) is 0 Å². The fourth-order valence-corrected chi connectivity index (χ4v) is 4.93. The molecule has 0 saturated carbocycles. The monoisotopic (exact) mass is 328 g/mol. The standard InChI is InChI=1S/C17H20N4OS/c1-12-3-4-14-13(9-12)16(19-11-18-14)21-7-5-17(6-8-21)20(2)15(22)10-23-17/h3-4,9,11H,5-8,10H2,1-2H3. The number of anilines is 1. The maximum absolute atomic E-state index is 11.9. The zero-order chi connectivity index (χ0) is 16.0. The molecule has 2 aromatic rings. The SMILES string of the molecule is Cc1ccc2ncnc(N3CCC4(CC3)SCC(=O)N4C)c2c1. The maximum Gasteiger partial charge on any atom is 0.233 e. The van der Waals surface area contributed by atoms with Crippen molar-refractivity contribution in [3.63, 3.8) is 0 Å². The number of carbonyl (C=O) groups is 1. The van der Waals surface area contributed by atoms with E-state index in [2.05, 4.69) is 40.0 Å². The van der Waals surface area contributed by atoms with Gasteiger partial charge in [-0.15, -0.1) is 11.8 Å². The highest BCUT2D eigenvalue weighted by Gasteiger charge is 2.46. The first kappa shape index (κ1) is 14.8. The van der Waals surface area contributed by atoms with Crippen molar-refractivity contribution in [2.75, 3.05) is 30.8 Å². The van der Waals surface area contributed by atoms with E-state index in [1.165, 1.54) is 5.56 Å². The Kier molecular flexibility index (Phi) is 3.44. The van der Waals surface area contributed by atoms with Gasteiger partial charge < -0.3 is 9.80 Å². The van der Waals surface area contributed by atoms with Gasteiger partial charge in [0.15, 0.2) is 0 Å². The van der Waals surface area contributed by atoms with Gasteiger partial charge in [0.25, 0.3) is 0 Å². The van der Waals surface area contributed by atoms with Crippen LogP contribution >= 0.6 is 11.8 Å². The Balaban J connectivity index is 1.62. The lowest BCUT2D eigenvalue weighted by Crippen LogP contribution is -2.50. The number of piperidine rings is 1. The van der Waals surface area contributed by atoms with Gasteiger partial charge >= 0.3 is 0 Å². The van der Waals surface area contributed by atoms with Gasteiger partial charge in [0.05, 0.1) is 16.1 Å². The minimum Gasteiger partial charge on any atom is -0.356 e. The summed E-state index contributed by atoms with van der Waals surface area (Å²) in [4.78, 5) is 25.1. The number of nitrogens with zero attached hydrogens (tertiary/aromatic N) is 4. The molecule has 2 fully saturated rings. The fraction of sp³-hybridized carbons (Fsp3) is 0.471. The Morgan fingerprint density at radius 1 is 1.22 bits per heavy atom. The molecule has 0 bridgehead atoms. The molecular weight excluding hydrogens is 308 g/mol. The highest BCUT2D eigenvalue weighted by molar-refractivity contribution is 8.01. The molecule has 0 N–H and O–H groups in total. The molecular formula is C17H20N4OS. The van der Waals surface area contributed by atoms with Crippen LogP contribution in [0.2, 0.25) is 0 Å². The Labute approximate surface area is 140 Å². The van der Waals surface area contributed by atoms with Crippen LogP contribution in [-0.4, -0.2) is 51.5 Å². The molecule has 0 aliphatic carbocycles. The molecule has 2 saturated heterocycles. The zero-order valence-electron chi connectivity index (χ0n) is 13.5. The first-order valence-electron chi connectivity index (χ1n) is 7.96. The molecule has 120 valence electrons. The van der Waals surface area contributed by atoms with Gasteiger partial charge in [-0.1, -0.05) is 11.6 Å². The molecule has 3 heterocycles. The summed E-state index contributed by atoms with van der Waals surface area (Å²) in [6, 6.07) is 6.30. The second-order valence-electron chi connectivity index (χ2n) is 6.39. The van der Waals surface area contributed by atoms with Crippen molar-refractivity contribution < 1.29 is 4.79 Å². The van der Waals surface area contributed by atoms with Crippen LogP contribution in [0.1, 0.15) is 18.4 Å². The van der Waals surface area contributed by atoms with Crippen molar-refractivity contribution in [3.8, 4) is 0 Å². The summed E-state index contributed by atoms with van der Waals surface area (Å²) in [7, 11) is 1.95. The molecule has 23 heavy (non-hydrogen) atoms. The molecule has 0 unspecified atom stereocenters. The summed E-state index contributed by atoms with van der Waals surface area (Å²) in [5, 5.41) is 1.12. The Morgan fingerprint density at radius 2 is 2.00 bits per heavy atom. The number of hydrogen-bond donors (Lipinski definition) is 0. The predicted octanol–water partition coefficient (Wildman–Crippen LogP) is 2.44. The van der Waals surface area contributed by atoms with Crippen LogP contribution in [0.5, 0.6) is 0 Å². The Hall–Kier alpha value is -1.82. The lowest BCUT2D eigenvalue weighted by molar-refractivity contribution is -0.129. The van der Waals surface area contributed by atoms with Crippen LogP contribution in [0.4, 0.5) is 5.82 Å². The van der Waals surface area contributed by atoms with Crippen LogP contribution in [0.15, 0.2) is 24.5 Å². The van der Waals surface area contributed by atoms with Gasteiger partial charge in [0, 0.05) is 25.5 Å². The van der Waals surface area contributed by atoms with Crippen molar-refractivity contribution in [3.05, 3.63) is 30.1 Å². The second-order valence-corrected chi connectivity index (χ2v) is 7.73. The van der Waals surface area contributed by atoms with E-state index in [-0.39, 0.29) is 10.8 Å². The van der Waals surface area contributed by atoms with Gasteiger partial charge in [0.1, 0.15) is 12.1 Å². The summed E-state index contributed by atoms with van der Waals surface area (Å²) in [5.41, 5.74) is 2.21. The third-order valence-corrected chi connectivity index (χ3v) is 6.67. The zero-order valence-corrected chi connectivity index (χ0v) is 14.3. The predicted molar refractivity (Wildman–Crippen MR) is 93.7 cm³/mol. The Morgan fingerprint density at radius 3 is 2.70 bits per heavy atom. The van der Waals surface area contributed by atoms with Gasteiger partial charge in [0.2, 0.25) is 5.91 Å². The molecule has 4 rings (SSSR count). The first-order valence-corrected chi connectivity index (χ1v) is 8.95. The number of benzene rings is 1. The fourth-order valence-electron chi connectivity index (χ4n) is 3.57. The van der Waals surface area contributed by atoms with E-state index in [9.17, 15) is 4.79 Å². The highest BCUT2D eigenvalue weighted by atomic mass is 32.2. The van der Waals surface area contributed by atoms with Crippen molar-refractivity contribution in [1.29, 1.82) is 0 Å². The quantitative estimate of drug-likeness (QED) is 0.805. The molecule has 1 aromatic heterocycles. The molecule has 2 aliphatic rings. The average Bonchev–Trinajstić information content (AvgIpc) is 2.84. The molecule has 1 spiro atoms. The van der Waals surface area contributed by atoms with Gasteiger partial charge in [-0.2, -0.15) is 0 Å². The van der Waals surface area contributed by atoms with Gasteiger partial charge in [-0.3, -0.25) is 4.79 Å². The summed E-state index contributed by atoms with van der Waals surface area (Å²) in [5.74, 6) is 1.89. The minimum atomic E-state index is -0.00761. The number of fused-ring (bicyclic) bond motifs is 1. The molecule has 1 amide bonds. The van der Waals surface area contributed by atoms with Crippen LogP contribution in [0.25, 0.3) is 10.9 Å². The lowest BCUT2D eigenvalue weighted by atomic mass is 10.0. The normalized spacial score (nSPS) is 20.7. The number of rotatable bonds is 1. The summed E-state index contributed by atoms with van der Waals surface area (Å²) in [6.45, 7) is 3.94. The molecule has 2 aliphatic heterocycles. The molecule has 6 heteroatoms. The summed E-state index contributed by atoms with van der Waals surface area (Å²) < 4.78 is 0. The van der Waals surface area contributed by atoms with Crippen LogP contribution in [0, 0.1) is 6.92 Å².